The van der Waals surface area contributed by atoms with E-state index in [1.54, 1.807) is 27.8 Å². The summed E-state index contributed by atoms with van der Waals surface area (Å²) in [7, 11) is 0. The van der Waals surface area contributed by atoms with Crippen LogP contribution >= 0.6 is 11.3 Å². The molecule has 0 radical (unpaired) electrons. The van der Waals surface area contributed by atoms with Crippen molar-refractivity contribution in [3.05, 3.63) is 34.5 Å². The van der Waals surface area contributed by atoms with Crippen LogP contribution in [0.3, 0.4) is 0 Å². The summed E-state index contributed by atoms with van der Waals surface area (Å²) in [6.07, 6.45) is 1.63. The minimum atomic E-state index is -0.0643. The number of carbonyl (C=O) groups is 1. The quantitative estimate of drug-likeness (QED) is 0.718. The van der Waals surface area contributed by atoms with Crippen LogP contribution in [-0.2, 0) is 6.54 Å². The van der Waals surface area contributed by atoms with Gasteiger partial charge >= 0.3 is 0 Å². The van der Waals surface area contributed by atoms with E-state index in [2.05, 4.69) is 10.1 Å². The normalized spacial score (nSPS) is 10.4. The summed E-state index contributed by atoms with van der Waals surface area (Å²) < 4.78 is 1.67. The van der Waals surface area contributed by atoms with Gasteiger partial charge in [0.15, 0.2) is 0 Å². The van der Waals surface area contributed by atoms with Gasteiger partial charge in [0, 0.05) is 18.1 Å². The molecule has 4 nitrogen and oxygen atoms in total. The minimum absolute atomic E-state index is 0.0643. The first-order valence-electron chi connectivity index (χ1n) is 4.27. The summed E-state index contributed by atoms with van der Waals surface area (Å²) in [5, 5.41) is 5.78. The van der Waals surface area contributed by atoms with Crippen LogP contribution in [0.2, 0.25) is 0 Å². The van der Waals surface area contributed by atoms with Crippen LogP contribution in [0.5, 0.6) is 0 Å². The topological polar surface area (TPSA) is 47.8 Å². The van der Waals surface area contributed by atoms with Gasteiger partial charge in [-0.2, -0.15) is 5.10 Å². The molecule has 2 heterocycles. The van der Waals surface area contributed by atoms with Crippen LogP contribution in [0.1, 0.15) is 23.1 Å². The molecule has 14 heavy (non-hydrogen) atoms. The highest BCUT2D eigenvalue weighted by atomic mass is 32.1. The van der Waals surface area contributed by atoms with Crippen molar-refractivity contribution in [3.8, 4) is 0 Å². The second kappa shape index (κ2) is 3.71. The van der Waals surface area contributed by atoms with Gasteiger partial charge in [0.25, 0.3) is 0 Å². The molecule has 0 saturated carbocycles. The highest BCUT2D eigenvalue weighted by Crippen LogP contribution is 2.09. The van der Waals surface area contributed by atoms with E-state index in [1.165, 1.54) is 11.3 Å². The molecule has 0 bridgehead atoms. The fourth-order valence-electron chi connectivity index (χ4n) is 1.23. The Hall–Kier alpha value is -1.49. The first kappa shape index (κ1) is 9.08. The lowest BCUT2D eigenvalue weighted by atomic mass is 10.2. The number of hydrogen-bond acceptors (Lipinski definition) is 4. The van der Waals surface area contributed by atoms with Crippen molar-refractivity contribution in [2.45, 2.75) is 13.5 Å². The molecule has 0 aliphatic rings. The van der Waals surface area contributed by atoms with Crippen LogP contribution in [-0.4, -0.2) is 20.5 Å². The molecular formula is C9H9N3OS. The zero-order valence-electron chi connectivity index (χ0n) is 7.67. The lowest BCUT2D eigenvalue weighted by Crippen LogP contribution is -2.10. The van der Waals surface area contributed by atoms with E-state index < -0.39 is 0 Å². The standard InChI is InChI=1S/C9H9N3OS/c1-2-12-8(3-4-11-12)9(13)7-5-14-6-10-7/h3-6H,2H2,1H3. The fourth-order valence-corrected chi connectivity index (χ4v) is 1.77. The number of nitrogens with zero attached hydrogens (tertiary/aromatic N) is 3. The van der Waals surface area contributed by atoms with Gasteiger partial charge in [0.1, 0.15) is 11.4 Å². The second-order valence-electron chi connectivity index (χ2n) is 2.74. The van der Waals surface area contributed by atoms with Gasteiger partial charge in [-0.25, -0.2) is 4.98 Å². The Bertz CT molecular complexity index is 433. The van der Waals surface area contributed by atoms with Gasteiger partial charge in [-0.1, -0.05) is 0 Å². The zero-order valence-corrected chi connectivity index (χ0v) is 8.49. The Morgan fingerprint density at radius 3 is 3.14 bits per heavy atom. The predicted octanol–water partition coefficient (Wildman–Crippen LogP) is 1.59. The number of thiazole rings is 1. The van der Waals surface area contributed by atoms with Gasteiger partial charge in [-0.05, 0) is 13.0 Å². The molecule has 2 rings (SSSR count). The molecule has 72 valence electrons. The van der Waals surface area contributed by atoms with E-state index in [-0.39, 0.29) is 5.78 Å². The average Bonchev–Trinajstić information content (AvgIpc) is 2.87. The van der Waals surface area contributed by atoms with E-state index in [4.69, 9.17) is 0 Å². The summed E-state index contributed by atoms with van der Waals surface area (Å²) in [6, 6.07) is 1.71. The van der Waals surface area contributed by atoms with Gasteiger partial charge in [-0.3, -0.25) is 9.48 Å². The molecule has 0 spiro atoms. The van der Waals surface area contributed by atoms with Gasteiger partial charge < -0.3 is 0 Å². The van der Waals surface area contributed by atoms with Crippen molar-refractivity contribution in [2.24, 2.45) is 0 Å². The van der Waals surface area contributed by atoms with Crippen molar-refractivity contribution >= 4 is 17.1 Å². The minimum Gasteiger partial charge on any atom is -0.285 e. The Morgan fingerprint density at radius 2 is 2.50 bits per heavy atom. The summed E-state index contributed by atoms with van der Waals surface area (Å²) in [6.45, 7) is 2.64. The monoisotopic (exact) mass is 207 g/mol. The van der Waals surface area contributed by atoms with Crippen LogP contribution in [0.4, 0.5) is 0 Å². The fraction of sp³-hybridized carbons (Fsp3) is 0.222. The first-order chi connectivity index (χ1) is 6.83. The van der Waals surface area contributed by atoms with Crippen LogP contribution in [0.15, 0.2) is 23.2 Å². The molecule has 2 aromatic rings. The molecule has 2 aromatic heterocycles. The van der Waals surface area contributed by atoms with Crippen molar-refractivity contribution in [1.29, 1.82) is 0 Å². The van der Waals surface area contributed by atoms with E-state index in [9.17, 15) is 4.79 Å². The van der Waals surface area contributed by atoms with Crippen molar-refractivity contribution in [3.63, 3.8) is 0 Å². The lowest BCUT2D eigenvalue weighted by molar-refractivity contribution is 0.102. The highest BCUT2D eigenvalue weighted by molar-refractivity contribution is 7.07. The van der Waals surface area contributed by atoms with E-state index in [1.807, 2.05) is 6.92 Å². The summed E-state index contributed by atoms with van der Waals surface area (Å²) in [4.78, 5) is 15.8. The van der Waals surface area contributed by atoms with E-state index in [0.717, 1.165) is 0 Å². The summed E-state index contributed by atoms with van der Waals surface area (Å²) in [5.74, 6) is -0.0643. The molecule has 0 aliphatic heterocycles. The Balaban J connectivity index is 2.36. The molecule has 0 atom stereocenters. The highest BCUT2D eigenvalue weighted by Gasteiger charge is 2.14. The van der Waals surface area contributed by atoms with Crippen molar-refractivity contribution < 1.29 is 4.79 Å². The third-order valence-corrected chi connectivity index (χ3v) is 2.50. The summed E-state index contributed by atoms with van der Waals surface area (Å²) in [5.41, 5.74) is 2.74. The molecule has 0 fully saturated rings. The molecule has 0 saturated heterocycles. The Labute approximate surface area is 85.2 Å². The second-order valence-corrected chi connectivity index (χ2v) is 3.45. The maximum atomic E-state index is 11.8. The smallest absolute Gasteiger partial charge is 0.230 e. The van der Waals surface area contributed by atoms with Gasteiger partial charge in [0.2, 0.25) is 5.78 Å². The molecule has 0 N–H and O–H groups in total. The lowest BCUT2D eigenvalue weighted by Gasteiger charge is -2.00. The number of hydrogen-bond donors (Lipinski definition) is 0. The van der Waals surface area contributed by atoms with Crippen LogP contribution in [0.25, 0.3) is 0 Å². The zero-order chi connectivity index (χ0) is 9.97. The third kappa shape index (κ3) is 1.46. The van der Waals surface area contributed by atoms with E-state index in [0.29, 0.717) is 17.9 Å². The number of rotatable bonds is 3. The average molecular weight is 207 g/mol. The molecule has 0 aliphatic carbocycles. The molecule has 0 unspecified atom stereocenters. The Kier molecular flexibility index (Phi) is 2.41. The predicted molar refractivity (Wildman–Crippen MR) is 53.4 cm³/mol. The number of ketones is 1. The Morgan fingerprint density at radius 1 is 1.64 bits per heavy atom. The van der Waals surface area contributed by atoms with Gasteiger partial charge in [0.05, 0.1) is 5.51 Å². The molecule has 5 heteroatoms. The van der Waals surface area contributed by atoms with Crippen molar-refractivity contribution in [2.75, 3.05) is 0 Å². The number of aromatic nitrogens is 3. The maximum Gasteiger partial charge on any atom is 0.230 e. The summed E-state index contributed by atoms with van der Waals surface area (Å²) >= 11 is 1.42. The van der Waals surface area contributed by atoms with Gasteiger partial charge in [-0.15, -0.1) is 11.3 Å². The molecule has 0 aromatic carbocycles. The number of carbonyl (C=O) groups excluding carboxylic acids is 1. The third-order valence-electron chi connectivity index (χ3n) is 1.91. The SMILES string of the molecule is CCn1nccc1C(=O)c1cscn1. The maximum absolute atomic E-state index is 11.8. The van der Waals surface area contributed by atoms with Crippen LogP contribution in [0, 0.1) is 0 Å². The van der Waals surface area contributed by atoms with E-state index >= 15 is 0 Å². The molecule has 0 amide bonds. The number of aryl methyl sites for hydroxylation is 1. The molecular weight excluding hydrogens is 198 g/mol. The first-order valence-corrected chi connectivity index (χ1v) is 5.22. The van der Waals surface area contributed by atoms with Crippen LogP contribution < -0.4 is 0 Å². The van der Waals surface area contributed by atoms with Crippen molar-refractivity contribution in [1.82, 2.24) is 14.8 Å². The largest absolute Gasteiger partial charge is 0.285 e.